The van der Waals surface area contributed by atoms with Crippen LogP contribution in [0, 0.1) is 0 Å². The molecule has 0 aromatic rings. The van der Waals surface area contributed by atoms with Gasteiger partial charge in [-0.15, -0.1) is 0 Å². The van der Waals surface area contributed by atoms with Gasteiger partial charge in [0.25, 0.3) is 0 Å². The molecule has 0 spiro atoms. The van der Waals surface area contributed by atoms with Crippen LogP contribution in [0.4, 0.5) is 0 Å². The van der Waals surface area contributed by atoms with Gasteiger partial charge < -0.3 is 10.1 Å². The molecule has 0 amide bonds. The third-order valence-electron chi connectivity index (χ3n) is 3.69. The number of ether oxygens (including phenoxy) is 1. The summed E-state index contributed by atoms with van der Waals surface area (Å²) in [5.41, 5.74) is 1.46. The molecule has 1 aliphatic heterocycles. The van der Waals surface area contributed by atoms with E-state index in [-0.39, 0.29) is 0 Å². The molecule has 0 aromatic heterocycles. The van der Waals surface area contributed by atoms with Gasteiger partial charge in [-0.05, 0) is 51.3 Å². The molecule has 0 fully saturated rings. The van der Waals surface area contributed by atoms with Crippen LogP contribution in [0.15, 0.2) is 11.6 Å². The topological polar surface area (TPSA) is 24.5 Å². The summed E-state index contributed by atoms with van der Waals surface area (Å²) in [7, 11) is 1.78. The highest BCUT2D eigenvalue weighted by Gasteiger charge is 2.16. The second-order valence-corrected chi connectivity index (χ2v) is 5.28. The average Bonchev–Trinajstić information content (AvgIpc) is 2.39. The maximum atomic E-state index is 5.18. The van der Waals surface area contributed by atoms with Crippen LogP contribution in [0.25, 0.3) is 0 Å². The minimum absolute atomic E-state index is 0.703. The van der Waals surface area contributed by atoms with E-state index in [1.165, 1.54) is 37.8 Å². The SMILES string of the molecule is CCCNCCCC(C)N1CC=C(COC)CC1. The van der Waals surface area contributed by atoms with Gasteiger partial charge >= 0.3 is 0 Å². The maximum absolute atomic E-state index is 5.18. The van der Waals surface area contributed by atoms with Gasteiger partial charge in [0.15, 0.2) is 0 Å². The number of hydrogen-bond donors (Lipinski definition) is 1. The van der Waals surface area contributed by atoms with Crippen molar-refractivity contribution in [2.45, 2.75) is 45.6 Å². The molecule has 106 valence electrons. The van der Waals surface area contributed by atoms with Crippen molar-refractivity contribution in [3.63, 3.8) is 0 Å². The minimum Gasteiger partial charge on any atom is -0.380 e. The first-order valence-corrected chi connectivity index (χ1v) is 7.39. The normalized spacial score (nSPS) is 18.7. The summed E-state index contributed by atoms with van der Waals surface area (Å²) in [6.07, 6.45) is 7.33. The van der Waals surface area contributed by atoms with Crippen molar-refractivity contribution in [1.82, 2.24) is 10.2 Å². The Bertz CT molecular complexity index is 241. The van der Waals surface area contributed by atoms with Gasteiger partial charge in [-0.1, -0.05) is 13.0 Å². The molecule has 0 radical (unpaired) electrons. The highest BCUT2D eigenvalue weighted by atomic mass is 16.5. The summed E-state index contributed by atoms with van der Waals surface area (Å²) < 4.78 is 5.18. The van der Waals surface area contributed by atoms with Crippen LogP contribution in [0.2, 0.25) is 0 Å². The second kappa shape index (κ2) is 9.54. The number of nitrogens with zero attached hydrogens (tertiary/aromatic N) is 1. The molecule has 0 bridgehead atoms. The fourth-order valence-corrected chi connectivity index (χ4v) is 2.45. The second-order valence-electron chi connectivity index (χ2n) is 5.28. The molecule has 1 rings (SSSR count). The van der Waals surface area contributed by atoms with E-state index >= 15 is 0 Å². The Kier molecular flexibility index (Phi) is 8.31. The average molecular weight is 254 g/mol. The van der Waals surface area contributed by atoms with Crippen molar-refractivity contribution in [1.29, 1.82) is 0 Å². The van der Waals surface area contributed by atoms with Gasteiger partial charge in [0.05, 0.1) is 6.61 Å². The van der Waals surface area contributed by atoms with Crippen molar-refractivity contribution in [2.75, 3.05) is 39.9 Å². The van der Waals surface area contributed by atoms with Crippen molar-refractivity contribution in [3.05, 3.63) is 11.6 Å². The Hall–Kier alpha value is -0.380. The lowest BCUT2D eigenvalue weighted by molar-refractivity contribution is 0.189. The minimum atomic E-state index is 0.703. The van der Waals surface area contributed by atoms with Gasteiger partial charge in [0.1, 0.15) is 0 Å². The van der Waals surface area contributed by atoms with E-state index in [1.807, 2.05) is 0 Å². The van der Waals surface area contributed by atoms with Crippen LogP contribution in [-0.4, -0.2) is 50.8 Å². The van der Waals surface area contributed by atoms with Crippen molar-refractivity contribution < 1.29 is 4.74 Å². The smallest absolute Gasteiger partial charge is 0.0673 e. The maximum Gasteiger partial charge on any atom is 0.0673 e. The van der Waals surface area contributed by atoms with Gasteiger partial charge in [-0.25, -0.2) is 0 Å². The molecule has 0 saturated carbocycles. The number of hydrogen-bond acceptors (Lipinski definition) is 3. The summed E-state index contributed by atoms with van der Waals surface area (Å²) in [6.45, 7) is 9.99. The number of rotatable bonds is 9. The van der Waals surface area contributed by atoms with E-state index in [2.05, 4.69) is 30.1 Å². The third kappa shape index (κ3) is 5.98. The molecule has 1 atom stereocenters. The summed E-state index contributed by atoms with van der Waals surface area (Å²) in [5.74, 6) is 0. The van der Waals surface area contributed by atoms with E-state index < -0.39 is 0 Å². The zero-order valence-corrected chi connectivity index (χ0v) is 12.4. The van der Waals surface area contributed by atoms with E-state index in [0.717, 1.165) is 26.2 Å². The highest BCUT2D eigenvalue weighted by molar-refractivity contribution is 5.08. The molecule has 0 aliphatic carbocycles. The fourth-order valence-electron chi connectivity index (χ4n) is 2.45. The molecule has 3 heteroatoms. The van der Waals surface area contributed by atoms with Gasteiger partial charge in [0, 0.05) is 26.2 Å². The predicted molar refractivity (Wildman–Crippen MR) is 78.0 cm³/mol. The summed E-state index contributed by atoms with van der Waals surface area (Å²) in [4.78, 5) is 2.58. The Morgan fingerprint density at radius 2 is 2.28 bits per heavy atom. The Balaban J connectivity index is 2.13. The van der Waals surface area contributed by atoms with Crippen LogP contribution >= 0.6 is 0 Å². The Morgan fingerprint density at radius 3 is 2.89 bits per heavy atom. The highest BCUT2D eigenvalue weighted by Crippen LogP contribution is 2.15. The predicted octanol–water partition coefficient (Wildman–Crippen LogP) is 2.43. The molecular weight excluding hydrogens is 224 g/mol. The molecule has 1 aliphatic rings. The van der Waals surface area contributed by atoms with Crippen LogP contribution in [0.1, 0.15) is 39.5 Å². The van der Waals surface area contributed by atoms with Gasteiger partial charge in [0.2, 0.25) is 0 Å². The summed E-state index contributed by atoms with van der Waals surface area (Å²) >= 11 is 0. The van der Waals surface area contributed by atoms with Crippen LogP contribution < -0.4 is 5.32 Å². The standard InChI is InChI=1S/C15H30N2O/c1-4-9-16-10-5-6-14(2)17-11-7-15(8-12-17)13-18-3/h7,14,16H,4-6,8-13H2,1-3H3. The van der Waals surface area contributed by atoms with Gasteiger partial charge in [-0.2, -0.15) is 0 Å². The van der Waals surface area contributed by atoms with Crippen molar-refractivity contribution >= 4 is 0 Å². The number of methoxy groups -OCH3 is 1. The first kappa shape index (κ1) is 15.7. The summed E-state index contributed by atoms with van der Waals surface area (Å²) in [6, 6.07) is 0.703. The Morgan fingerprint density at radius 1 is 1.44 bits per heavy atom. The van der Waals surface area contributed by atoms with Crippen LogP contribution in [-0.2, 0) is 4.74 Å². The molecule has 0 aromatic carbocycles. The lowest BCUT2D eigenvalue weighted by Crippen LogP contribution is -2.37. The molecule has 1 heterocycles. The van der Waals surface area contributed by atoms with Crippen molar-refractivity contribution in [3.8, 4) is 0 Å². The number of nitrogens with one attached hydrogen (secondary N) is 1. The zero-order chi connectivity index (χ0) is 13.2. The first-order chi connectivity index (χ1) is 8.77. The fraction of sp³-hybridized carbons (Fsp3) is 0.867. The van der Waals surface area contributed by atoms with E-state index in [1.54, 1.807) is 7.11 Å². The lowest BCUT2D eigenvalue weighted by Gasteiger charge is -2.31. The van der Waals surface area contributed by atoms with Crippen LogP contribution in [0.3, 0.4) is 0 Å². The molecular formula is C15H30N2O. The third-order valence-corrected chi connectivity index (χ3v) is 3.69. The largest absolute Gasteiger partial charge is 0.380 e. The Labute approximate surface area is 113 Å². The van der Waals surface area contributed by atoms with Crippen molar-refractivity contribution in [2.24, 2.45) is 0 Å². The lowest BCUT2D eigenvalue weighted by atomic mass is 10.1. The van der Waals surface area contributed by atoms with E-state index in [9.17, 15) is 0 Å². The molecule has 0 saturated heterocycles. The molecule has 1 unspecified atom stereocenters. The molecule has 1 N–H and O–H groups in total. The summed E-state index contributed by atoms with van der Waals surface area (Å²) in [5, 5.41) is 3.47. The van der Waals surface area contributed by atoms with Crippen LogP contribution in [0.5, 0.6) is 0 Å². The van der Waals surface area contributed by atoms with E-state index in [4.69, 9.17) is 4.74 Å². The van der Waals surface area contributed by atoms with E-state index in [0.29, 0.717) is 6.04 Å². The first-order valence-electron chi connectivity index (χ1n) is 7.39. The zero-order valence-electron chi connectivity index (χ0n) is 12.4. The molecule has 18 heavy (non-hydrogen) atoms. The molecule has 3 nitrogen and oxygen atoms in total. The van der Waals surface area contributed by atoms with Gasteiger partial charge in [-0.3, -0.25) is 4.90 Å². The quantitative estimate of drug-likeness (QED) is 0.505. The monoisotopic (exact) mass is 254 g/mol.